The molecule has 6 heteroatoms. The van der Waals surface area contributed by atoms with Gasteiger partial charge in [0.15, 0.2) is 0 Å². The topological polar surface area (TPSA) is 66.0 Å². The van der Waals surface area contributed by atoms with Crippen LogP contribution in [0.1, 0.15) is 96.0 Å². The number of unbranched alkanes of at least 4 members (excludes halogenated alkanes) is 12. The summed E-state index contributed by atoms with van der Waals surface area (Å²) in [6, 6.07) is 9.60. The number of benzene rings is 1. The van der Waals surface area contributed by atoms with E-state index in [1.807, 2.05) is 30.3 Å². The Morgan fingerprint density at radius 2 is 1.11 bits per heavy atom. The van der Waals surface area contributed by atoms with E-state index < -0.39 is 6.09 Å². The van der Waals surface area contributed by atoms with Crippen molar-refractivity contribution in [3.05, 3.63) is 35.9 Å². The number of ether oxygens (including phenoxy) is 4. The average Bonchev–Trinajstić information content (AvgIpc) is 2.88. The molecule has 0 spiro atoms. The van der Waals surface area contributed by atoms with E-state index in [0.29, 0.717) is 39.6 Å². The normalized spacial score (nSPS) is 11.0. The van der Waals surface area contributed by atoms with Gasteiger partial charge in [-0.2, -0.15) is 0 Å². The second-order valence-electron chi connectivity index (χ2n) is 9.07. The van der Waals surface area contributed by atoms with Gasteiger partial charge < -0.3 is 24.3 Å². The minimum atomic E-state index is -0.436. The van der Waals surface area contributed by atoms with Crippen molar-refractivity contribution in [3.8, 4) is 0 Å². The molecule has 0 fully saturated rings. The molecule has 0 aliphatic carbocycles. The molecule has 1 aromatic carbocycles. The van der Waals surface area contributed by atoms with E-state index in [-0.39, 0.29) is 6.61 Å². The van der Waals surface area contributed by atoms with E-state index in [2.05, 4.69) is 12.2 Å². The second-order valence-corrected chi connectivity index (χ2v) is 9.07. The summed E-state index contributed by atoms with van der Waals surface area (Å²) in [7, 11) is 0. The molecular weight excluding hydrogens is 442 g/mol. The van der Waals surface area contributed by atoms with Gasteiger partial charge in [0, 0.05) is 13.2 Å². The van der Waals surface area contributed by atoms with Crippen LogP contribution in [0.15, 0.2) is 30.3 Å². The van der Waals surface area contributed by atoms with Gasteiger partial charge in [0.1, 0.15) is 6.61 Å². The number of amides is 1. The predicted octanol–water partition coefficient (Wildman–Crippen LogP) is 7.05. The smallest absolute Gasteiger partial charge is 0.407 e. The summed E-state index contributed by atoms with van der Waals surface area (Å²) in [5.74, 6) is 0. The molecule has 0 saturated heterocycles. The number of hydrogen-bond donors (Lipinski definition) is 1. The Kier molecular flexibility index (Phi) is 22.8. The summed E-state index contributed by atoms with van der Waals surface area (Å²) >= 11 is 0. The Hall–Kier alpha value is -1.63. The van der Waals surface area contributed by atoms with Gasteiger partial charge in [-0.15, -0.1) is 0 Å². The minimum absolute atomic E-state index is 0.267. The van der Waals surface area contributed by atoms with Crippen molar-refractivity contribution in [2.75, 3.05) is 46.2 Å². The zero-order valence-electron chi connectivity index (χ0n) is 22.3. The molecule has 0 heterocycles. The predicted molar refractivity (Wildman–Crippen MR) is 143 cm³/mol. The Morgan fingerprint density at radius 1 is 0.629 bits per heavy atom. The van der Waals surface area contributed by atoms with Gasteiger partial charge in [-0.3, -0.25) is 0 Å². The second kappa shape index (κ2) is 25.5. The maximum absolute atomic E-state index is 11.6. The molecule has 202 valence electrons. The Balaban J connectivity index is 1.69. The highest BCUT2D eigenvalue weighted by Gasteiger charge is 2.01. The summed E-state index contributed by atoms with van der Waals surface area (Å²) in [4.78, 5) is 11.6. The molecule has 0 atom stereocenters. The van der Waals surface area contributed by atoms with Crippen molar-refractivity contribution in [1.29, 1.82) is 0 Å². The minimum Gasteiger partial charge on any atom is -0.445 e. The number of rotatable bonds is 25. The third kappa shape index (κ3) is 22.6. The van der Waals surface area contributed by atoms with Crippen LogP contribution >= 0.6 is 0 Å². The van der Waals surface area contributed by atoms with Gasteiger partial charge in [0.2, 0.25) is 0 Å². The van der Waals surface area contributed by atoms with Crippen LogP contribution in [0.25, 0.3) is 0 Å². The van der Waals surface area contributed by atoms with Gasteiger partial charge in [-0.05, 0) is 12.0 Å². The Labute approximate surface area is 214 Å². The molecule has 0 saturated carbocycles. The fraction of sp³-hybridized carbons (Fsp3) is 0.759. The first-order valence-corrected chi connectivity index (χ1v) is 14.0. The van der Waals surface area contributed by atoms with E-state index in [9.17, 15) is 4.79 Å². The lowest BCUT2D eigenvalue weighted by Gasteiger charge is -2.08. The molecule has 0 bridgehead atoms. The van der Waals surface area contributed by atoms with Gasteiger partial charge in [0.05, 0.1) is 33.0 Å². The molecule has 1 aromatic rings. The standard InChI is InChI=1S/C29H51NO5/c1-2-3-4-5-6-7-8-9-10-11-12-13-17-21-32-23-25-34-26-24-33-22-20-30-29(31)35-27-28-18-15-14-16-19-28/h14-16,18-19H,2-13,17,20-27H2,1H3,(H,30,31). The number of carbonyl (C=O) groups is 1. The summed E-state index contributed by atoms with van der Waals surface area (Å²) in [5.41, 5.74) is 0.962. The van der Waals surface area contributed by atoms with Gasteiger partial charge in [-0.25, -0.2) is 4.79 Å². The van der Waals surface area contributed by atoms with Crippen molar-refractivity contribution >= 4 is 6.09 Å². The zero-order chi connectivity index (χ0) is 25.1. The van der Waals surface area contributed by atoms with E-state index in [4.69, 9.17) is 18.9 Å². The highest BCUT2D eigenvalue weighted by atomic mass is 16.6. The molecule has 1 N–H and O–H groups in total. The quantitative estimate of drug-likeness (QED) is 0.148. The number of alkyl carbamates (subject to hydrolysis) is 1. The zero-order valence-corrected chi connectivity index (χ0v) is 22.3. The molecule has 0 aliphatic heterocycles. The highest BCUT2D eigenvalue weighted by Crippen LogP contribution is 2.12. The Morgan fingerprint density at radius 3 is 1.69 bits per heavy atom. The molecule has 1 amide bonds. The first-order valence-electron chi connectivity index (χ1n) is 14.0. The lowest BCUT2D eigenvalue weighted by Crippen LogP contribution is -2.28. The molecule has 0 aromatic heterocycles. The average molecular weight is 494 g/mol. The van der Waals surface area contributed by atoms with Crippen LogP contribution in [0, 0.1) is 0 Å². The molecule has 0 radical (unpaired) electrons. The van der Waals surface area contributed by atoms with Gasteiger partial charge in [-0.1, -0.05) is 114 Å². The fourth-order valence-electron chi connectivity index (χ4n) is 3.76. The number of hydrogen-bond acceptors (Lipinski definition) is 5. The Bertz CT molecular complexity index is 569. The van der Waals surface area contributed by atoms with Crippen LogP contribution in [0.3, 0.4) is 0 Å². The highest BCUT2D eigenvalue weighted by molar-refractivity contribution is 5.67. The van der Waals surface area contributed by atoms with Crippen LogP contribution in [0.2, 0.25) is 0 Å². The van der Waals surface area contributed by atoms with Crippen LogP contribution in [0.5, 0.6) is 0 Å². The van der Waals surface area contributed by atoms with Crippen molar-refractivity contribution in [3.63, 3.8) is 0 Å². The third-order valence-electron chi connectivity index (χ3n) is 5.86. The van der Waals surface area contributed by atoms with Crippen LogP contribution in [0.4, 0.5) is 4.79 Å². The largest absolute Gasteiger partial charge is 0.445 e. The van der Waals surface area contributed by atoms with Crippen molar-refractivity contribution in [1.82, 2.24) is 5.32 Å². The summed E-state index contributed by atoms with van der Waals surface area (Å²) in [6.45, 7) is 6.46. The first kappa shape index (κ1) is 31.4. The van der Waals surface area contributed by atoms with Crippen LogP contribution in [-0.2, 0) is 25.6 Å². The van der Waals surface area contributed by atoms with Crippen LogP contribution in [-0.4, -0.2) is 52.3 Å². The molecule has 0 unspecified atom stereocenters. The number of carbonyl (C=O) groups excluding carboxylic acids is 1. The lowest BCUT2D eigenvalue weighted by molar-refractivity contribution is 0.0143. The van der Waals surface area contributed by atoms with Gasteiger partial charge in [0.25, 0.3) is 0 Å². The first-order chi connectivity index (χ1) is 17.3. The van der Waals surface area contributed by atoms with Gasteiger partial charge >= 0.3 is 6.09 Å². The summed E-state index contributed by atoms with van der Waals surface area (Å²) < 4.78 is 21.7. The monoisotopic (exact) mass is 493 g/mol. The summed E-state index contributed by atoms with van der Waals surface area (Å²) in [6.07, 6.45) is 17.3. The molecule has 1 rings (SSSR count). The SMILES string of the molecule is CCCCCCCCCCCCCCCOCCOCCOCCNC(=O)OCc1ccccc1. The van der Waals surface area contributed by atoms with E-state index in [1.165, 1.54) is 77.0 Å². The van der Waals surface area contributed by atoms with Crippen molar-refractivity contribution in [2.45, 2.75) is 97.0 Å². The van der Waals surface area contributed by atoms with Crippen molar-refractivity contribution < 1.29 is 23.7 Å². The maximum atomic E-state index is 11.6. The summed E-state index contributed by atoms with van der Waals surface area (Å²) in [5, 5.41) is 2.67. The molecule has 35 heavy (non-hydrogen) atoms. The maximum Gasteiger partial charge on any atom is 0.407 e. The molecule has 6 nitrogen and oxygen atoms in total. The number of nitrogens with one attached hydrogen (secondary N) is 1. The van der Waals surface area contributed by atoms with E-state index >= 15 is 0 Å². The van der Waals surface area contributed by atoms with Crippen molar-refractivity contribution in [2.24, 2.45) is 0 Å². The fourth-order valence-corrected chi connectivity index (χ4v) is 3.76. The lowest BCUT2D eigenvalue weighted by atomic mass is 10.0. The van der Waals surface area contributed by atoms with Crippen LogP contribution < -0.4 is 5.32 Å². The molecular formula is C29H51NO5. The molecule has 0 aliphatic rings. The van der Waals surface area contributed by atoms with E-state index in [0.717, 1.165) is 18.6 Å². The van der Waals surface area contributed by atoms with E-state index in [1.54, 1.807) is 0 Å². The third-order valence-corrected chi connectivity index (χ3v) is 5.86.